The van der Waals surface area contributed by atoms with Gasteiger partial charge in [-0.3, -0.25) is 9.59 Å². The summed E-state index contributed by atoms with van der Waals surface area (Å²) in [5.74, 6) is 3.33. The van der Waals surface area contributed by atoms with Crippen molar-refractivity contribution in [2.24, 2.45) is 17.8 Å². The first-order chi connectivity index (χ1) is 16.0. The van der Waals surface area contributed by atoms with Gasteiger partial charge in [0, 0.05) is 22.7 Å². The van der Waals surface area contributed by atoms with E-state index in [1.54, 1.807) is 32.4 Å². The quantitative estimate of drug-likeness (QED) is 0.507. The molecule has 0 aliphatic heterocycles. The number of thioether (sulfide) groups is 1. The Morgan fingerprint density at radius 2 is 1.85 bits per heavy atom. The summed E-state index contributed by atoms with van der Waals surface area (Å²) < 4.78 is 10.5. The molecule has 2 aromatic rings. The second-order valence-corrected chi connectivity index (χ2v) is 10.0. The molecule has 2 aromatic carbocycles. The van der Waals surface area contributed by atoms with Gasteiger partial charge in [0.15, 0.2) is 11.5 Å². The predicted molar refractivity (Wildman–Crippen MR) is 131 cm³/mol. The van der Waals surface area contributed by atoms with Gasteiger partial charge in [-0.25, -0.2) is 0 Å². The Morgan fingerprint density at radius 3 is 2.55 bits per heavy atom. The van der Waals surface area contributed by atoms with Crippen molar-refractivity contribution in [3.8, 4) is 11.5 Å². The molecule has 0 radical (unpaired) electrons. The maximum absolute atomic E-state index is 13.1. The minimum atomic E-state index is -0.155. The molecule has 2 saturated carbocycles. The summed E-state index contributed by atoms with van der Waals surface area (Å²) in [6.07, 6.45) is 5.22. The number of fused-ring (bicyclic) bond motifs is 2. The zero-order valence-electron chi connectivity index (χ0n) is 19.4. The van der Waals surface area contributed by atoms with Crippen LogP contribution >= 0.6 is 11.8 Å². The van der Waals surface area contributed by atoms with E-state index in [1.165, 1.54) is 37.4 Å². The molecule has 33 heavy (non-hydrogen) atoms. The monoisotopic (exact) mass is 468 g/mol. The molecule has 4 rings (SSSR count). The van der Waals surface area contributed by atoms with Crippen molar-refractivity contribution in [3.63, 3.8) is 0 Å². The fraction of sp³-hybridized carbons (Fsp3) is 0.462. The van der Waals surface area contributed by atoms with E-state index in [-0.39, 0.29) is 23.6 Å². The lowest BCUT2D eigenvalue weighted by Gasteiger charge is -2.28. The van der Waals surface area contributed by atoms with Gasteiger partial charge in [-0.05, 0) is 68.2 Å². The molecule has 2 N–H and O–H groups in total. The Hall–Kier alpha value is -2.67. The maximum Gasteiger partial charge on any atom is 0.252 e. The fourth-order valence-electron chi connectivity index (χ4n) is 5.33. The van der Waals surface area contributed by atoms with Crippen molar-refractivity contribution in [1.82, 2.24) is 5.32 Å². The van der Waals surface area contributed by atoms with E-state index in [1.807, 2.05) is 24.3 Å². The van der Waals surface area contributed by atoms with E-state index < -0.39 is 0 Å². The molecule has 2 amide bonds. The van der Waals surface area contributed by atoms with Crippen LogP contribution in [0.1, 0.15) is 43.0 Å². The molecule has 0 heterocycles. The molecule has 0 spiro atoms. The number of nitrogens with one attached hydrogen (secondary N) is 2. The topological polar surface area (TPSA) is 76.7 Å². The van der Waals surface area contributed by atoms with Gasteiger partial charge >= 0.3 is 0 Å². The Bertz CT molecular complexity index is 1010. The standard InChI is InChI=1S/C26H32N2O4S/c1-16(21-13-17-8-9-18(21)12-17)27-26(30)20-6-4-5-7-24(20)33-15-25(29)28-19-10-11-22(31-2)23(14-19)32-3/h4-7,10-11,14,16-18,21H,8-9,12-13,15H2,1-3H3,(H,27,30)(H,28,29)/t16-,17-,18-,21-/m1/s1. The summed E-state index contributed by atoms with van der Waals surface area (Å²) in [7, 11) is 3.12. The average molecular weight is 469 g/mol. The number of rotatable bonds is 9. The number of ether oxygens (including phenoxy) is 2. The summed E-state index contributed by atoms with van der Waals surface area (Å²) in [4.78, 5) is 26.4. The van der Waals surface area contributed by atoms with Crippen LogP contribution < -0.4 is 20.1 Å². The third kappa shape index (κ3) is 5.46. The van der Waals surface area contributed by atoms with Crippen LogP contribution in [-0.4, -0.2) is 37.8 Å². The van der Waals surface area contributed by atoms with E-state index in [0.29, 0.717) is 28.7 Å². The number of hydrogen-bond donors (Lipinski definition) is 2. The number of benzene rings is 2. The van der Waals surface area contributed by atoms with Gasteiger partial charge in [-0.15, -0.1) is 11.8 Å². The lowest BCUT2D eigenvalue weighted by molar-refractivity contribution is -0.113. The maximum atomic E-state index is 13.1. The smallest absolute Gasteiger partial charge is 0.252 e. The molecule has 2 bridgehead atoms. The number of carbonyl (C=O) groups is 2. The summed E-state index contributed by atoms with van der Waals surface area (Å²) >= 11 is 1.36. The van der Waals surface area contributed by atoms with Crippen LogP contribution in [0.3, 0.4) is 0 Å². The van der Waals surface area contributed by atoms with Crippen molar-refractivity contribution < 1.29 is 19.1 Å². The molecular weight excluding hydrogens is 436 g/mol. The Balaban J connectivity index is 1.34. The van der Waals surface area contributed by atoms with Crippen LogP contribution in [-0.2, 0) is 4.79 Å². The second kappa shape index (κ2) is 10.5. The zero-order valence-corrected chi connectivity index (χ0v) is 20.2. The van der Waals surface area contributed by atoms with Crippen LogP contribution in [0.25, 0.3) is 0 Å². The molecule has 2 aliphatic carbocycles. The average Bonchev–Trinajstić information content (AvgIpc) is 3.47. The predicted octanol–water partition coefficient (Wildman–Crippen LogP) is 4.99. The highest BCUT2D eigenvalue weighted by Crippen LogP contribution is 2.49. The van der Waals surface area contributed by atoms with Gasteiger partial charge in [0.1, 0.15) is 0 Å². The molecule has 6 nitrogen and oxygen atoms in total. The molecule has 0 unspecified atom stereocenters. The van der Waals surface area contributed by atoms with Crippen molar-refractivity contribution in [3.05, 3.63) is 48.0 Å². The molecular formula is C26H32N2O4S. The van der Waals surface area contributed by atoms with Crippen LogP contribution in [0.15, 0.2) is 47.4 Å². The lowest BCUT2D eigenvalue weighted by atomic mass is 9.84. The third-order valence-electron chi connectivity index (χ3n) is 6.95. The molecule has 0 aromatic heterocycles. The van der Waals surface area contributed by atoms with Crippen molar-refractivity contribution in [2.75, 3.05) is 25.3 Å². The number of carbonyl (C=O) groups excluding carboxylic acids is 2. The first-order valence-electron chi connectivity index (χ1n) is 11.5. The highest BCUT2D eigenvalue weighted by atomic mass is 32.2. The molecule has 0 saturated heterocycles. The summed E-state index contributed by atoms with van der Waals surface area (Å²) in [6, 6.07) is 12.9. The summed E-state index contributed by atoms with van der Waals surface area (Å²) in [6.45, 7) is 2.13. The second-order valence-electron chi connectivity index (χ2n) is 9.00. The number of methoxy groups -OCH3 is 2. The van der Waals surface area contributed by atoms with E-state index >= 15 is 0 Å². The lowest BCUT2D eigenvalue weighted by Crippen LogP contribution is -2.40. The van der Waals surface area contributed by atoms with Crippen LogP contribution in [0, 0.1) is 17.8 Å². The van der Waals surface area contributed by atoms with E-state index in [2.05, 4.69) is 17.6 Å². The number of hydrogen-bond acceptors (Lipinski definition) is 5. The Labute approximate surface area is 199 Å². The van der Waals surface area contributed by atoms with E-state index in [9.17, 15) is 9.59 Å². The highest BCUT2D eigenvalue weighted by molar-refractivity contribution is 8.00. The van der Waals surface area contributed by atoms with Gasteiger partial charge in [-0.1, -0.05) is 18.6 Å². The normalized spacial score (nSPS) is 22.0. The van der Waals surface area contributed by atoms with Gasteiger partial charge in [0.25, 0.3) is 5.91 Å². The SMILES string of the molecule is COc1ccc(NC(=O)CSc2ccccc2C(=O)N[C@H](C)[C@H]2C[C@@H]3CC[C@@H]2C3)cc1OC. The van der Waals surface area contributed by atoms with Crippen LogP contribution in [0.5, 0.6) is 11.5 Å². The first-order valence-corrected chi connectivity index (χ1v) is 12.5. The highest BCUT2D eigenvalue weighted by Gasteiger charge is 2.42. The van der Waals surface area contributed by atoms with Gasteiger partial charge in [0.05, 0.1) is 25.5 Å². The molecule has 176 valence electrons. The van der Waals surface area contributed by atoms with Crippen LogP contribution in [0.4, 0.5) is 5.69 Å². The minimum absolute atomic E-state index is 0.0614. The number of amides is 2. The van der Waals surface area contributed by atoms with Gasteiger partial charge in [0.2, 0.25) is 5.91 Å². The van der Waals surface area contributed by atoms with Crippen molar-refractivity contribution >= 4 is 29.3 Å². The van der Waals surface area contributed by atoms with Crippen LogP contribution in [0.2, 0.25) is 0 Å². The van der Waals surface area contributed by atoms with E-state index in [4.69, 9.17) is 9.47 Å². The molecule has 2 aliphatic rings. The van der Waals surface area contributed by atoms with Gasteiger partial charge < -0.3 is 20.1 Å². The first kappa shape index (κ1) is 23.5. The molecule has 4 atom stereocenters. The Morgan fingerprint density at radius 1 is 1.06 bits per heavy atom. The Kier molecular flexibility index (Phi) is 7.48. The number of anilines is 1. The summed E-state index contributed by atoms with van der Waals surface area (Å²) in [5.41, 5.74) is 1.25. The minimum Gasteiger partial charge on any atom is -0.493 e. The van der Waals surface area contributed by atoms with Gasteiger partial charge in [-0.2, -0.15) is 0 Å². The van der Waals surface area contributed by atoms with Crippen molar-refractivity contribution in [1.29, 1.82) is 0 Å². The van der Waals surface area contributed by atoms with Crippen molar-refractivity contribution in [2.45, 2.75) is 43.5 Å². The third-order valence-corrected chi connectivity index (χ3v) is 8.03. The fourth-order valence-corrected chi connectivity index (χ4v) is 6.18. The molecule has 2 fully saturated rings. The largest absolute Gasteiger partial charge is 0.493 e. The summed E-state index contributed by atoms with van der Waals surface area (Å²) in [5, 5.41) is 6.11. The zero-order chi connectivity index (χ0) is 23.4. The molecule has 7 heteroatoms. The van der Waals surface area contributed by atoms with E-state index in [0.717, 1.165) is 16.7 Å².